The van der Waals surface area contributed by atoms with Crippen LogP contribution in [0.25, 0.3) is 27.9 Å². The van der Waals surface area contributed by atoms with E-state index in [0.29, 0.717) is 17.0 Å². The lowest BCUT2D eigenvalue weighted by Crippen LogP contribution is -2.33. The minimum atomic E-state index is 0.0503. The third-order valence-electron chi connectivity index (χ3n) is 5.58. The molecule has 30 heavy (non-hydrogen) atoms. The summed E-state index contributed by atoms with van der Waals surface area (Å²) >= 11 is 1.41. The van der Waals surface area contributed by atoms with Crippen LogP contribution in [0.4, 0.5) is 0 Å². The third-order valence-corrected chi connectivity index (χ3v) is 6.51. The maximum absolute atomic E-state index is 12.4. The molecule has 0 spiro atoms. The van der Waals surface area contributed by atoms with Gasteiger partial charge in [-0.05, 0) is 31.9 Å². The Morgan fingerprint density at radius 3 is 2.67 bits per heavy atom. The van der Waals surface area contributed by atoms with Crippen LogP contribution in [0.1, 0.15) is 31.2 Å². The lowest BCUT2D eigenvalue weighted by molar-refractivity contribution is -0.119. The number of nitrogens with one attached hydrogen (secondary N) is 1. The van der Waals surface area contributed by atoms with Crippen molar-refractivity contribution in [2.75, 3.05) is 5.75 Å². The van der Waals surface area contributed by atoms with Crippen molar-refractivity contribution < 1.29 is 4.79 Å². The summed E-state index contributed by atoms with van der Waals surface area (Å²) in [6.45, 7) is 2.07. The van der Waals surface area contributed by atoms with Gasteiger partial charge in [0.2, 0.25) is 5.91 Å². The molecule has 152 valence electrons. The number of amides is 1. The zero-order valence-electron chi connectivity index (χ0n) is 16.8. The van der Waals surface area contributed by atoms with Crippen molar-refractivity contribution in [2.24, 2.45) is 0 Å². The van der Waals surface area contributed by atoms with Crippen molar-refractivity contribution in [3.05, 3.63) is 54.1 Å². The zero-order chi connectivity index (χ0) is 20.5. The van der Waals surface area contributed by atoms with Crippen molar-refractivity contribution in [3.8, 4) is 11.4 Å². The van der Waals surface area contributed by atoms with Crippen LogP contribution in [-0.2, 0) is 4.79 Å². The van der Waals surface area contributed by atoms with Crippen LogP contribution in [0, 0.1) is 6.92 Å². The van der Waals surface area contributed by atoms with Crippen LogP contribution < -0.4 is 5.32 Å². The Hall–Kier alpha value is -2.93. The Labute approximate surface area is 179 Å². The fraction of sp³-hybridized carbons (Fsp3) is 0.304. The Morgan fingerprint density at radius 1 is 1.10 bits per heavy atom. The summed E-state index contributed by atoms with van der Waals surface area (Å²) in [5.74, 6) is 1.15. The first kappa shape index (κ1) is 19.1. The molecule has 0 bridgehead atoms. The van der Waals surface area contributed by atoms with Gasteiger partial charge in [0.05, 0.1) is 11.3 Å². The van der Waals surface area contributed by atoms with Crippen molar-refractivity contribution in [3.63, 3.8) is 0 Å². The van der Waals surface area contributed by atoms with Gasteiger partial charge in [-0.15, -0.1) is 10.2 Å². The monoisotopic (exact) mass is 417 g/mol. The lowest BCUT2D eigenvalue weighted by atomic mass is 10.1. The van der Waals surface area contributed by atoms with Crippen molar-refractivity contribution >= 4 is 34.2 Å². The molecular formula is C23H23N5OS. The first-order chi connectivity index (χ1) is 14.7. The van der Waals surface area contributed by atoms with Crippen molar-refractivity contribution in [1.82, 2.24) is 24.9 Å². The third kappa shape index (κ3) is 3.65. The number of para-hydroxylation sites is 1. The first-order valence-corrected chi connectivity index (χ1v) is 11.3. The van der Waals surface area contributed by atoms with E-state index in [9.17, 15) is 4.79 Å². The molecular weight excluding hydrogens is 394 g/mol. The predicted molar refractivity (Wildman–Crippen MR) is 120 cm³/mol. The number of fused-ring (bicyclic) bond motifs is 3. The normalized spacial score (nSPS) is 14.6. The van der Waals surface area contributed by atoms with E-state index in [1.165, 1.54) is 30.2 Å². The van der Waals surface area contributed by atoms with Gasteiger partial charge in [0.1, 0.15) is 5.82 Å². The summed E-state index contributed by atoms with van der Waals surface area (Å²) in [5, 5.41) is 13.6. The second-order valence-electron chi connectivity index (χ2n) is 7.80. The minimum Gasteiger partial charge on any atom is -0.353 e. The smallest absolute Gasteiger partial charge is 0.230 e. The number of hydrogen-bond donors (Lipinski definition) is 1. The average Bonchev–Trinajstić information content (AvgIpc) is 3.42. The number of hydrogen-bond acceptors (Lipinski definition) is 5. The number of carbonyl (C=O) groups excluding carboxylic acids is 1. The summed E-state index contributed by atoms with van der Waals surface area (Å²) in [7, 11) is 0. The second kappa shape index (κ2) is 8.07. The predicted octanol–water partition coefficient (Wildman–Crippen LogP) is 4.40. The van der Waals surface area contributed by atoms with E-state index in [0.717, 1.165) is 40.8 Å². The van der Waals surface area contributed by atoms with Crippen molar-refractivity contribution in [2.45, 2.75) is 43.8 Å². The number of aryl methyl sites for hydroxylation is 1. The van der Waals surface area contributed by atoms with Gasteiger partial charge in [-0.3, -0.25) is 9.20 Å². The molecule has 1 amide bonds. The molecule has 0 aliphatic heterocycles. The van der Waals surface area contributed by atoms with Gasteiger partial charge >= 0.3 is 0 Å². The highest BCUT2D eigenvalue weighted by Gasteiger charge is 2.20. The lowest BCUT2D eigenvalue weighted by Gasteiger charge is -2.12. The molecule has 0 radical (unpaired) electrons. The average molecular weight is 418 g/mol. The summed E-state index contributed by atoms with van der Waals surface area (Å²) < 4.78 is 1.97. The van der Waals surface area contributed by atoms with Gasteiger partial charge in [0.15, 0.2) is 10.8 Å². The zero-order valence-corrected chi connectivity index (χ0v) is 17.7. The van der Waals surface area contributed by atoms with E-state index >= 15 is 0 Å². The topological polar surface area (TPSA) is 72.2 Å². The molecule has 1 aliphatic carbocycles. The van der Waals surface area contributed by atoms with Crippen LogP contribution in [0.15, 0.2) is 53.7 Å². The largest absolute Gasteiger partial charge is 0.353 e. The van der Waals surface area contributed by atoms with Crippen LogP contribution in [0.5, 0.6) is 0 Å². The maximum atomic E-state index is 12.4. The Balaban J connectivity index is 1.53. The molecule has 0 atom stereocenters. The van der Waals surface area contributed by atoms with Crippen molar-refractivity contribution in [1.29, 1.82) is 0 Å². The highest BCUT2D eigenvalue weighted by atomic mass is 32.2. The van der Waals surface area contributed by atoms with Gasteiger partial charge in [-0.25, -0.2) is 4.98 Å². The number of rotatable bonds is 5. The number of aromatic nitrogens is 4. The standard InChI is InChI=1S/C23H23N5OS/c1-15-10-12-16(13-11-15)21-25-19-9-5-4-8-18(19)22-26-27-23(28(21)22)30-14-20(29)24-17-6-2-3-7-17/h4-5,8-13,17H,2-3,6-7,14H2,1H3,(H,24,29). The number of thioether (sulfide) groups is 1. The molecule has 0 unspecified atom stereocenters. The SMILES string of the molecule is Cc1ccc(-c2nc3ccccc3c3nnc(SCC(=O)NC4CCCC4)n23)cc1. The highest BCUT2D eigenvalue weighted by Crippen LogP contribution is 2.29. The summed E-state index contributed by atoms with van der Waals surface area (Å²) in [6, 6.07) is 16.5. The minimum absolute atomic E-state index is 0.0503. The van der Waals surface area contributed by atoms with E-state index in [4.69, 9.17) is 4.98 Å². The number of nitrogens with zero attached hydrogens (tertiary/aromatic N) is 4. The summed E-state index contributed by atoms with van der Waals surface area (Å²) in [5.41, 5.74) is 3.82. The van der Waals surface area contributed by atoms with Gasteiger partial charge in [-0.1, -0.05) is 66.6 Å². The molecule has 4 aromatic rings. The molecule has 7 heteroatoms. The van der Waals surface area contributed by atoms with E-state index in [1.807, 2.05) is 28.7 Å². The maximum Gasteiger partial charge on any atom is 0.230 e. The van der Waals surface area contributed by atoms with Crippen LogP contribution in [-0.4, -0.2) is 37.3 Å². The molecule has 1 N–H and O–H groups in total. The van der Waals surface area contributed by atoms with E-state index < -0.39 is 0 Å². The van der Waals surface area contributed by atoms with Gasteiger partial charge < -0.3 is 5.32 Å². The summed E-state index contributed by atoms with van der Waals surface area (Å²) in [6.07, 6.45) is 4.56. The molecule has 1 saturated carbocycles. The van der Waals surface area contributed by atoms with E-state index in [2.05, 4.69) is 46.7 Å². The molecule has 1 aliphatic rings. The first-order valence-electron chi connectivity index (χ1n) is 10.3. The number of carbonyl (C=O) groups is 1. The Bertz CT molecular complexity index is 1210. The fourth-order valence-corrected chi connectivity index (χ4v) is 4.76. The van der Waals surface area contributed by atoms with E-state index in [-0.39, 0.29) is 5.91 Å². The quantitative estimate of drug-likeness (QED) is 0.487. The Morgan fingerprint density at radius 2 is 1.87 bits per heavy atom. The van der Waals surface area contributed by atoms with Crippen LogP contribution >= 0.6 is 11.8 Å². The van der Waals surface area contributed by atoms with E-state index in [1.54, 1.807) is 0 Å². The summed E-state index contributed by atoms with van der Waals surface area (Å²) in [4.78, 5) is 17.3. The second-order valence-corrected chi connectivity index (χ2v) is 8.74. The molecule has 2 heterocycles. The molecule has 2 aromatic heterocycles. The molecule has 0 saturated heterocycles. The Kier molecular flexibility index (Phi) is 5.12. The molecule has 5 rings (SSSR count). The van der Waals surface area contributed by atoms with Gasteiger partial charge in [0, 0.05) is 17.0 Å². The van der Waals surface area contributed by atoms with Gasteiger partial charge in [-0.2, -0.15) is 0 Å². The van der Waals surface area contributed by atoms with Crippen LogP contribution in [0.3, 0.4) is 0 Å². The fourth-order valence-electron chi connectivity index (χ4n) is 4.02. The molecule has 2 aromatic carbocycles. The molecule has 6 nitrogen and oxygen atoms in total. The molecule has 1 fully saturated rings. The number of benzene rings is 2. The highest BCUT2D eigenvalue weighted by molar-refractivity contribution is 7.99. The van der Waals surface area contributed by atoms with Crippen LogP contribution in [0.2, 0.25) is 0 Å². The van der Waals surface area contributed by atoms with Gasteiger partial charge in [0.25, 0.3) is 0 Å².